The smallest absolute Gasteiger partial charge is 0.333 e. The molecule has 2 aromatic heterocycles. The van der Waals surface area contributed by atoms with E-state index in [0.29, 0.717) is 28.0 Å². The maximum Gasteiger partial charge on any atom is 0.333 e. The number of esters is 2. The normalized spacial score (nSPS) is 18.6. The Kier molecular flexibility index (Phi) is 7.84. The molecule has 2 aliphatic heterocycles. The molecule has 0 spiro atoms. The van der Waals surface area contributed by atoms with E-state index in [9.17, 15) is 24.0 Å². The van der Waals surface area contributed by atoms with Gasteiger partial charge < -0.3 is 23.5 Å². The number of urea groups is 1. The molecule has 0 N–H and O–H groups in total. The summed E-state index contributed by atoms with van der Waals surface area (Å²) >= 11 is 0. The fraction of sp³-hybridized carbons (Fsp3) is 0.438. The Morgan fingerprint density at radius 3 is 2.24 bits per heavy atom. The van der Waals surface area contributed by atoms with Crippen LogP contribution in [0.1, 0.15) is 63.2 Å². The van der Waals surface area contributed by atoms with Crippen LogP contribution in [0.15, 0.2) is 47.0 Å². The summed E-state index contributed by atoms with van der Waals surface area (Å²) in [6.07, 6.45) is 1.55. The molecule has 1 aromatic carbocycles. The zero-order chi connectivity index (χ0) is 32.9. The lowest BCUT2D eigenvalue weighted by Gasteiger charge is -2.36. The largest absolute Gasteiger partial charge is 0.497 e. The molecule has 5 rings (SSSR count). The second-order valence-corrected chi connectivity index (χ2v) is 13.1. The van der Waals surface area contributed by atoms with E-state index in [1.807, 2.05) is 0 Å². The van der Waals surface area contributed by atoms with E-state index in [2.05, 4.69) is 4.98 Å². The van der Waals surface area contributed by atoms with Gasteiger partial charge in [0.2, 0.25) is 5.54 Å². The molecule has 4 heterocycles. The minimum Gasteiger partial charge on any atom is -0.497 e. The van der Waals surface area contributed by atoms with Crippen LogP contribution in [0.5, 0.6) is 5.75 Å². The fourth-order valence-corrected chi connectivity index (χ4v) is 5.11. The van der Waals surface area contributed by atoms with E-state index in [-0.39, 0.29) is 18.8 Å². The number of pyridine rings is 1. The van der Waals surface area contributed by atoms with Crippen molar-refractivity contribution < 1.29 is 42.6 Å². The number of hydrogen-bond acceptors (Lipinski definition) is 10. The quantitative estimate of drug-likeness (QED) is 0.267. The van der Waals surface area contributed by atoms with Crippen LogP contribution in [0.4, 0.5) is 4.79 Å². The van der Waals surface area contributed by atoms with Crippen LogP contribution in [0.25, 0.3) is 11.1 Å². The number of carbonyl (C=O) groups is 5. The molecule has 13 nitrogen and oxygen atoms in total. The first kappa shape index (κ1) is 31.5. The van der Waals surface area contributed by atoms with E-state index < -0.39 is 59.6 Å². The van der Waals surface area contributed by atoms with Crippen LogP contribution in [-0.2, 0) is 35.9 Å². The minimum absolute atomic E-state index is 0.00709. The highest BCUT2D eigenvalue weighted by Gasteiger charge is 2.63. The van der Waals surface area contributed by atoms with Crippen molar-refractivity contribution in [2.24, 2.45) is 10.8 Å². The lowest BCUT2D eigenvalue weighted by atomic mass is 9.93. The van der Waals surface area contributed by atoms with Crippen molar-refractivity contribution in [1.82, 2.24) is 19.7 Å². The van der Waals surface area contributed by atoms with Gasteiger partial charge in [-0.1, -0.05) is 6.07 Å². The summed E-state index contributed by atoms with van der Waals surface area (Å²) < 4.78 is 22.4. The third-order valence-corrected chi connectivity index (χ3v) is 7.71. The van der Waals surface area contributed by atoms with Crippen molar-refractivity contribution in [2.45, 2.75) is 53.6 Å². The number of aromatic nitrogens is 1. The Hall–Kier alpha value is -4.94. The van der Waals surface area contributed by atoms with Gasteiger partial charge in [0.05, 0.1) is 24.5 Å². The molecular formula is C32H36N4O9. The number of fused-ring (bicyclic) bond motifs is 2. The molecule has 3 aromatic rings. The maximum atomic E-state index is 14.6. The Morgan fingerprint density at radius 2 is 1.62 bits per heavy atom. The van der Waals surface area contributed by atoms with Crippen LogP contribution in [0.3, 0.4) is 0 Å². The molecule has 2 aliphatic rings. The molecule has 0 aliphatic carbocycles. The standard InChI is InChI=1S/C32H36N4O9/c1-30(2,3)27(39)43-17-35-26(38)32(24-14-22-23(45-24)9-8-12-33-22,36(29(35)41)18-44-28(40)31(4,5)6)16-34-15-19-10-11-20(42-7)13-21(19)25(34)37/h8-14H,15-18H2,1-7H3/t32-/m0/s1. The van der Waals surface area contributed by atoms with Gasteiger partial charge in [0, 0.05) is 24.4 Å². The fourth-order valence-electron chi connectivity index (χ4n) is 5.11. The van der Waals surface area contributed by atoms with Gasteiger partial charge in [0.25, 0.3) is 11.8 Å². The Balaban J connectivity index is 1.62. The summed E-state index contributed by atoms with van der Waals surface area (Å²) in [5, 5.41) is 0. The number of ether oxygens (including phenoxy) is 3. The Morgan fingerprint density at radius 1 is 0.956 bits per heavy atom. The minimum atomic E-state index is -2.02. The van der Waals surface area contributed by atoms with E-state index in [0.717, 1.165) is 9.80 Å². The Bertz CT molecular complexity index is 1670. The summed E-state index contributed by atoms with van der Waals surface area (Å²) in [6.45, 7) is 8.25. The first-order valence-corrected chi connectivity index (χ1v) is 14.4. The number of benzene rings is 1. The average Bonchev–Trinajstić information content (AvgIpc) is 3.61. The van der Waals surface area contributed by atoms with Gasteiger partial charge in [-0.05, 0) is 71.4 Å². The molecule has 0 saturated carbocycles. The first-order chi connectivity index (χ1) is 21.1. The number of furan rings is 1. The number of imide groups is 1. The van der Waals surface area contributed by atoms with Crippen LogP contribution in [0, 0.1) is 10.8 Å². The molecule has 1 atom stereocenters. The summed E-state index contributed by atoms with van der Waals surface area (Å²) in [6, 6.07) is 9.01. The van der Waals surface area contributed by atoms with Crippen molar-refractivity contribution in [1.29, 1.82) is 0 Å². The van der Waals surface area contributed by atoms with E-state index in [1.54, 1.807) is 78.1 Å². The lowest BCUT2D eigenvalue weighted by Crippen LogP contribution is -2.55. The SMILES string of the molecule is COc1ccc2c(c1)C(=O)N(C[C@]1(c3cc4ncccc4o3)C(=O)N(COC(=O)C(C)(C)C)C(=O)N1COC(=O)C(C)(C)C)C2. The summed E-state index contributed by atoms with van der Waals surface area (Å²) in [7, 11) is 1.49. The van der Waals surface area contributed by atoms with Gasteiger partial charge in [-0.2, -0.15) is 0 Å². The zero-order valence-corrected chi connectivity index (χ0v) is 26.3. The summed E-state index contributed by atoms with van der Waals surface area (Å²) in [5.74, 6) is -2.02. The molecule has 0 radical (unpaired) electrons. The third-order valence-electron chi connectivity index (χ3n) is 7.71. The van der Waals surface area contributed by atoms with Crippen molar-refractivity contribution in [2.75, 3.05) is 27.1 Å². The topological polar surface area (TPSA) is 149 Å². The number of rotatable bonds is 8. The van der Waals surface area contributed by atoms with E-state index >= 15 is 0 Å². The van der Waals surface area contributed by atoms with E-state index in [1.165, 1.54) is 18.1 Å². The molecular weight excluding hydrogens is 584 g/mol. The number of carbonyl (C=O) groups excluding carboxylic acids is 5. The lowest BCUT2D eigenvalue weighted by molar-refractivity contribution is -0.161. The summed E-state index contributed by atoms with van der Waals surface area (Å²) in [4.78, 5) is 75.4. The predicted molar refractivity (Wildman–Crippen MR) is 158 cm³/mol. The number of methoxy groups -OCH3 is 1. The maximum absolute atomic E-state index is 14.6. The Labute approximate surface area is 260 Å². The van der Waals surface area contributed by atoms with Crippen molar-refractivity contribution in [3.8, 4) is 5.75 Å². The van der Waals surface area contributed by atoms with Gasteiger partial charge in [0.1, 0.15) is 17.0 Å². The van der Waals surface area contributed by atoms with Crippen molar-refractivity contribution in [3.05, 3.63) is 59.5 Å². The van der Waals surface area contributed by atoms with Crippen LogP contribution in [0.2, 0.25) is 0 Å². The van der Waals surface area contributed by atoms with Gasteiger partial charge >= 0.3 is 18.0 Å². The molecule has 1 fully saturated rings. The molecule has 238 valence electrons. The van der Waals surface area contributed by atoms with Gasteiger partial charge in [-0.3, -0.25) is 29.1 Å². The highest BCUT2D eigenvalue weighted by molar-refractivity contribution is 6.08. The predicted octanol–water partition coefficient (Wildman–Crippen LogP) is 4.05. The van der Waals surface area contributed by atoms with Gasteiger partial charge in [-0.15, -0.1) is 0 Å². The molecule has 1 saturated heterocycles. The average molecular weight is 621 g/mol. The molecule has 0 bridgehead atoms. The van der Waals surface area contributed by atoms with Crippen LogP contribution >= 0.6 is 0 Å². The number of nitrogens with zero attached hydrogens (tertiary/aromatic N) is 4. The second-order valence-electron chi connectivity index (χ2n) is 13.1. The molecule has 4 amide bonds. The summed E-state index contributed by atoms with van der Waals surface area (Å²) in [5.41, 5.74) is -2.05. The number of hydrogen-bond donors (Lipinski definition) is 0. The number of amides is 4. The monoisotopic (exact) mass is 620 g/mol. The second kappa shape index (κ2) is 11.2. The van der Waals surface area contributed by atoms with Crippen LogP contribution in [-0.4, -0.2) is 76.6 Å². The van der Waals surface area contributed by atoms with Crippen molar-refractivity contribution in [3.63, 3.8) is 0 Å². The first-order valence-electron chi connectivity index (χ1n) is 14.4. The van der Waals surface area contributed by atoms with E-state index in [4.69, 9.17) is 18.6 Å². The zero-order valence-electron chi connectivity index (χ0n) is 26.3. The van der Waals surface area contributed by atoms with Gasteiger partial charge in [-0.25, -0.2) is 9.69 Å². The van der Waals surface area contributed by atoms with Gasteiger partial charge in [0.15, 0.2) is 19.0 Å². The highest BCUT2D eigenvalue weighted by atomic mass is 16.6. The highest BCUT2D eigenvalue weighted by Crippen LogP contribution is 2.42. The molecule has 45 heavy (non-hydrogen) atoms. The van der Waals surface area contributed by atoms with Crippen LogP contribution < -0.4 is 4.74 Å². The molecule has 13 heteroatoms. The third kappa shape index (κ3) is 5.58. The van der Waals surface area contributed by atoms with Crippen molar-refractivity contribution >= 4 is 40.9 Å². The molecule has 0 unspecified atom stereocenters.